The van der Waals surface area contributed by atoms with Crippen molar-refractivity contribution in [1.29, 1.82) is 0 Å². The van der Waals surface area contributed by atoms with E-state index in [1.165, 1.54) is 18.3 Å². The second-order valence-electron chi connectivity index (χ2n) is 5.54. The summed E-state index contributed by atoms with van der Waals surface area (Å²) in [7, 11) is 0. The molecule has 8 nitrogen and oxygen atoms in total. The van der Waals surface area contributed by atoms with Gasteiger partial charge in [0, 0.05) is 30.6 Å². The van der Waals surface area contributed by atoms with Crippen molar-refractivity contribution in [1.82, 2.24) is 14.8 Å². The van der Waals surface area contributed by atoms with Crippen molar-refractivity contribution in [2.75, 3.05) is 5.73 Å². The first-order valence-electron chi connectivity index (χ1n) is 7.88. The van der Waals surface area contributed by atoms with Gasteiger partial charge >= 0.3 is 0 Å². The number of nitro benzene ring substituents is 1. The third-order valence-electron chi connectivity index (χ3n) is 3.66. The Bertz CT molecular complexity index is 957. The highest BCUT2D eigenvalue weighted by molar-refractivity contribution is 5.79. The van der Waals surface area contributed by atoms with Crippen LogP contribution in [-0.4, -0.2) is 19.7 Å². The van der Waals surface area contributed by atoms with Gasteiger partial charge in [-0.05, 0) is 18.6 Å². The molecule has 9 heteroatoms. The largest absolute Gasteiger partial charge is 0.453 e. The quantitative estimate of drug-likeness (QED) is 0.531. The number of nitrogens with zero attached hydrogens (tertiary/aromatic N) is 4. The van der Waals surface area contributed by atoms with Crippen LogP contribution in [0.1, 0.15) is 13.3 Å². The van der Waals surface area contributed by atoms with Crippen LogP contribution in [0.25, 0.3) is 11.1 Å². The molecule has 0 fully saturated rings. The summed E-state index contributed by atoms with van der Waals surface area (Å²) in [4.78, 5) is 14.1. The second-order valence-corrected chi connectivity index (χ2v) is 5.54. The highest BCUT2D eigenvalue weighted by atomic mass is 19.1. The number of benzene rings is 1. The normalized spacial score (nSPS) is 10.7. The van der Waals surface area contributed by atoms with Gasteiger partial charge in [-0.1, -0.05) is 6.92 Å². The van der Waals surface area contributed by atoms with E-state index in [2.05, 4.69) is 10.1 Å². The Morgan fingerprint density at radius 2 is 2.15 bits per heavy atom. The van der Waals surface area contributed by atoms with Gasteiger partial charge in [0.1, 0.15) is 11.6 Å². The molecular formula is C17H16FN5O3. The van der Waals surface area contributed by atoms with Crippen molar-refractivity contribution in [2.45, 2.75) is 19.9 Å². The highest BCUT2D eigenvalue weighted by Crippen LogP contribution is 2.37. The van der Waals surface area contributed by atoms with Gasteiger partial charge < -0.3 is 10.5 Å². The van der Waals surface area contributed by atoms with E-state index in [-0.39, 0.29) is 23.0 Å². The average Bonchev–Trinajstić information content (AvgIpc) is 3.05. The molecule has 26 heavy (non-hydrogen) atoms. The van der Waals surface area contributed by atoms with Crippen LogP contribution in [0.15, 0.2) is 42.9 Å². The maximum absolute atomic E-state index is 14.1. The van der Waals surface area contributed by atoms with Crippen molar-refractivity contribution in [3.05, 3.63) is 58.8 Å². The van der Waals surface area contributed by atoms with Gasteiger partial charge in [0.05, 0.1) is 22.7 Å². The first kappa shape index (κ1) is 17.3. The molecule has 3 aromatic rings. The number of hydrogen-bond donors (Lipinski definition) is 1. The van der Waals surface area contributed by atoms with Crippen LogP contribution in [-0.2, 0) is 6.54 Å². The molecule has 1 aromatic carbocycles. The third kappa shape index (κ3) is 3.46. The molecule has 2 aromatic heterocycles. The molecule has 0 aliphatic heterocycles. The monoisotopic (exact) mass is 357 g/mol. The van der Waals surface area contributed by atoms with Crippen LogP contribution in [0.5, 0.6) is 11.5 Å². The molecule has 0 unspecified atom stereocenters. The number of halogens is 1. The average molecular weight is 357 g/mol. The summed E-state index contributed by atoms with van der Waals surface area (Å²) in [6.07, 6.45) is 5.78. The van der Waals surface area contributed by atoms with Crippen LogP contribution in [0.2, 0.25) is 0 Å². The number of hydrogen-bond acceptors (Lipinski definition) is 6. The minimum atomic E-state index is -0.845. The Hall–Kier alpha value is -3.49. The van der Waals surface area contributed by atoms with Crippen LogP contribution >= 0.6 is 0 Å². The predicted octanol–water partition coefficient (Wildman–Crippen LogP) is 3.78. The zero-order valence-electron chi connectivity index (χ0n) is 13.9. The number of ether oxygens (including phenoxy) is 1. The second kappa shape index (κ2) is 7.18. The van der Waals surface area contributed by atoms with Gasteiger partial charge in [-0.2, -0.15) is 5.10 Å². The molecule has 0 atom stereocenters. The number of aromatic nitrogens is 3. The van der Waals surface area contributed by atoms with Crippen LogP contribution in [0.3, 0.4) is 0 Å². The lowest BCUT2D eigenvalue weighted by atomic mass is 10.1. The fourth-order valence-electron chi connectivity index (χ4n) is 2.48. The number of nitro groups is 1. The summed E-state index contributed by atoms with van der Waals surface area (Å²) in [5.74, 6) is -0.507. The lowest BCUT2D eigenvalue weighted by Gasteiger charge is -2.12. The standard InChI is InChI=1S/C17H16FN5O3/c1-2-7-22-10-11(9-21-22)16-15(5-6-20-17(16)19)26-14-4-3-12(23(24)25)8-13(14)18/h3-6,8-10H,2,7H2,1H3,(H2,19,20). The first-order valence-corrected chi connectivity index (χ1v) is 7.88. The van der Waals surface area contributed by atoms with E-state index in [1.54, 1.807) is 23.1 Å². The van der Waals surface area contributed by atoms with E-state index in [4.69, 9.17) is 10.5 Å². The molecule has 2 N–H and O–H groups in total. The van der Waals surface area contributed by atoms with Crippen molar-refractivity contribution >= 4 is 11.5 Å². The number of nitrogen functional groups attached to an aromatic ring is 1. The molecule has 0 saturated heterocycles. The Labute approximate surface area is 148 Å². The van der Waals surface area contributed by atoms with Crippen LogP contribution in [0, 0.1) is 15.9 Å². The molecule has 2 heterocycles. The summed E-state index contributed by atoms with van der Waals surface area (Å²) in [5.41, 5.74) is 6.79. The molecule has 3 rings (SSSR count). The molecule has 0 radical (unpaired) electrons. The SMILES string of the molecule is CCCn1cc(-c2c(Oc3ccc([N+](=O)[O-])cc3F)ccnc2N)cn1. The van der Waals surface area contributed by atoms with Gasteiger partial charge in [-0.15, -0.1) is 0 Å². The Balaban J connectivity index is 1.98. The summed E-state index contributed by atoms with van der Waals surface area (Å²) in [6.45, 7) is 2.78. The molecule has 0 amide bonds. The maximum atomic E-state index is 14.1. The molecule has 0 bridgehead atoms. The lowest BCUT2D eigenvalue weighted by Crippen LogP contribution is -1.98. The summed E-state index contributed by atoms with van der Waals surface area (Å²) < 4.78 is 21.5. The van der Waals surface area contributed by atoms with Crippen LogP contribution < -0.4 is 10.5 Å². The van der Waals surface area contributed by atoms with E-state index in [1.807, 2.05) is 6.92 Å². The summed E-state index contributed by atoms with van der Waals surface area (Å²) in [6, 6.07) is 4.72. The molecule has 134 valence electrons. The van der Waals surface area contributed by atoms with Crippen LogP contribution in [0.4, 0.5) is 15.9 Å². The smallest absolute Gasteiger partial charge is 0.272 e. The Morgan fingerprint density at radius 3 is 2.85 bits per heavy atom. The first-order chi connectivity index (χ1) is 12.5. The molecule has 0 aliphatic rings. The fraction of sp³-hybridized carbons (Fsp3) is 0.176. The predicted molar refractivity (Wildman–Crippen MR) is 93.3 cm³/mol. The fourth-order valence-corrected chi connectivity index (χ4v) is 2.48. The van der Waals surface area contributed by atoms with Gasteiger partial charge in [0.15, 0.2) is 11.6 Å². The minimum Gasteiger partial charge on any atom is -0.453 e. The van der Waals surface area contributed by atoms with E-state index < -0.39 is 10.7 Å². The maximum Gasteiger partial charge on any atom is 0.272 e. The number of rotatable bonds is 6. The van der Waals surface area contributed by atoms with Crippen molar-refractivity contribution < 1.29 is 14.1 Å². The number of aryl methyl sites for hydroxylation is 1. The lowest BCUT2D eigenvalue weighted by molar-refractivity contribution is -0.385. The number of pyridine rings is 1. The van der Waals surface area contributed by atoms with E-state index in [9.17, 15) is 14.5 Å². The molecule has 0 aliphatic carbocycles. The number of non-ortho nitro benzene ring substituents is 1. The summed E-state index contributed by atoms with van der Waals surface area (Å²) >= 11 is 0. The number of nitrogens with two attached hydrogens (primary N) is 1. The molecular weight excluding hydrogens is 341 g/mol. The van der Waals surface area contributed by atoms with E-state index in [0.717, 1.165) is 19.0 Å². The third-order valence-corrected chi connectivity index (χ3v) is 3.66. The highest BCUT2D eigenvalue weighted by Gasteiger charge is 2.17. The topological polar surface area (TPSA) is 109 Å². The van der Waals surface area contributed by atoms with E-state index in [0.29, 0.717) is 11.1 Å². The zero-order valence-corrected chi connectivity index (χ0v) is 13.9. The Morgan fingerprint density at radius 1 is 1.35 bits per heavy atom. The Kier molecular flexibility index (Phi) is 4.78. The zero-order chi connectivity index (χ0) is 18.7. The number of anilines is 1. The van der Waals surface area contributed by atoms with Gasteiger partial charge in [0.2, 0.25) is 0 Å². The minimum absolute atomic E-state index is 0.150. The van der Waals surface area contributed by atoms with Gasteiger partial charge in [0.25, 0.3) is 5.69 Å². The van der Waals surface area contributed by atoms with Crippen molar-refractivity contribution in [3.8, 4) is 22.6 Å². The van der Waals surface area contributed by atoms with Crippen molar-refractivity contribution in [3.63, 3.8) is 0 Å². The van der Waals surface area contributed by atoms with Gasteiger partial charge in [-0.3, -0.25) is 14.8 Å². The molecule has 0 saturated carbocycles. The molecule has 0 spiro atoms. The van der Waals surface area contributed by atoms with Gasteiger partial charge in [-0.25, -0.2) is 9.37 Å². The van der Waals surface area contributed by atoms with E-state index >= 15 is 0 Å². The van der Waals surface area contributed by atoms with Crippen molar-refractivity contribution in [2.24, 2.45) is 0 Å². The summed E-state index contributed by atoms with van der Waals surface area (Å²) in [5, 5.41) is 15.0.